The fraction of sp³-hybridized carbons (Fsp3) is 1.00. The van der Waals surface area contributed by atoms with E-state index in [1.807, 2.05) is 0 Å². The maximum Gasteiger partial charge on any atom is 0.0697 e. The number of unbranched alkanes of at least 4 members (excludes halogenated alkanes) is 12. The van der Waals surface area contributed by atoms with Crippen LogP contribution in [0.4, 0.5) is 0 Å². The first-order valence-electron chi connectivity index (χ1n) is 14.1. The zero-order chi connectivity index (χ0) is 21.6. The van der Waals surface area contributed by atoms with Crippen molar-refractivity contribution in [2.24, 2.45) is 0 Å². The van der Waals surface area contributed by atoms with E-state index >= 15 is 0 Å². The zero-order valence-electron chi connectivity index (χ0n) is 21.6. The third kappa shape index (κ3) is 15.0. The molecule has 1 unspecified atom stereocenters. The predicted octanol–water partition coefficient (Wildman–Crippen LogP) is 10.9. The van der Waals surface area contributed by atoms with Crippen molar-refractivity contribution < 1.29 is 0 Å². The maximum absolute atomic E-state index is 2.45. The molecule has 0 bridgehead atoms. The minimum Gasteiger partial charge on any atom is -0.0654 e. The molecule has 176 valence electrons. The minimum absolute atomic E-state index is 0.771. The van der Waals surface area contributed by atoms with Crippen LogP contribution in [0.25, 0.3) is 0 Å². The Morgan fingerprint density at radius 1 is 0.379 bits per heavy atom. The van der Waals surface area contributed by atoms with Gasteiger partial charge in [-0.1, -0.05) is 112 Å². The summed E-state index contributed by atoms with van der Waals surface area (Å²) >= 11 is 0. The van der Waals surface area contributed by atoms with Crippen molar-refractivity contribution in [3.63, 3.8) is 0 Å². The lowest BCUT2D eigenvalue weighted by Gasteiger charge is -2.36. The van der Waals surface area contributed by atoms with E-state index < -0.39 is 7.26 Å². The number of hydrogen-bond acceptors (Lipinski definition) is 0. The van der Waals surface area contributed by atoms with Gasteiger partial charge < -0.3 is 0 Å². The van der Waals surface area contributed by atoms with E-state index in [-0.39, 0.29) is 0 Å². The molecule has 0 aromatic rings. The molecular weight excluding hydrogens is 367 g/mol. The molecule has 0 heterocycles. The molecule has 0 radical (unpaired) electrons. The van der Waals surface area contributed by atoms with Gasteiger partial charge in [0.1, 0.15) is 0 Å². The Bertz CT molecular complexity index is 303. The maximum atomic E-state index is 2.45. The van der Waals surface area contributed by atoms with Crippen molar-refractivity contribution in [2.75, 3.05) is 18.5 Å². The Kier molecular flexibility index (Phi) is 22.0. The molecule has 0 rings (SSSR count). The van der Waals surface area contributed by atoms with Crippen LogP contribution >= 0.6 is 7.26 Å². The average molecular weight is 428 g/mol. The first kappa shape index (κ1) is 29.4. The normalized spacial score (nSPS) is 13.1. The Balaban J connectivity index is 4.86. The van der Waals surface area contributed by atoms with Crippen LogP contribution in [-0.4, -0.2) is 24.1 Å². The van der Waals surface area contributed by atoms with Gasteiger partial charge in [-0.2, -0.15) is 0 Å². The molecule has 0 saturated heterocycles. The van der Waals surface area contributed by atoms with Crippen molar-refractivity contribution in [3.05, 3.63) is 0 Å². The third-order valence-corrected chi connectivity index (χ3v) is 12.8. The van der Waals surface area contributed by atoms with Gasteiger partial charge in [-0.25, -0.2) is 0 Å². The van der Waals surface area contributed by atoms with Crippen LogP contribution in [0.2, 0.25) is 0 Å². The lowest BCUT2D eigenvalue weighted by molar-refractivity contribution is 0.575. The SMILES string of the molecule is CCCCCCCCCC[P+](CCCC)(CCCC)C(CCC)CCCCCC. The highest BCUT2D eigenvalue weighted by Gasteiger charge is 2.42. The summed E-state index contributed by atoms with van der Waals surface area (Å²) < 4.78 is 0. The molecule has 0 spiro atoms. The number of rotatable bonds is 23. The summed E-state index contributed by atoms with van der Waals surface area (Å²) in [4.78, 5) is 0. The van der Waals surface area contributed by atoms with E-state index in [4.69, 9.17) is 0 Å². The molecule has 1 heteroatoms. The summed E-state index contributed by atoms with van der Waals surface area (Å²) in [6.45, 7) is 12.0. The van der Waals surface area contributed by atoms with Gasteiger partial charge >= 0.3 is 0 Å². The molecule has 0 aromatic carbocycles. The lowest BCUT2D eigenvalue weighted by Crippen LogP contribution is -2.23. The van der Waals surface area contributed by atoms with Crippen molar-refractivity contribution in [2.45, 2.75) is 162 Å². The van der Waals surface area contributed by atoms with E-state index in [9.17, 15) is 0 Å². The Morgan fingerprint density at radius 2 is 0.793 bits per heavy atom. The molecule has 0 aliphatic carbocycles. The number of hydrogen-bond donors (Lipinski definition) is 0. The highest BCUT2D eigenvalue weighted by molar-refractivity contribution is 7.76. The Labute approximate surface area is 188 Å². The quantitative estimate of drug-likeness (QED) is 0.112. The smallest absolute Gasteiger partial charge is 0.0654 e. The zero-order valence-corrected chi connectivity index (χ0v) is 22.5. The minimum atomic E-state index is -0.771. The second kappa shape index (κ2) is 21.7. The molecule has 1 atom stereocenters. The molecular formula is C28H60P+. The molecule has 29 heavy (non-hydrogen) atoms. The average Bonchev–Trinajstić information content (AvgIpc) is 2.74. The predicted molar refractivity (Wildman–Crippen MR) is 141 cm³/mol. The molecule has 0 amide bonds. The van der Waals surface area contributed by atoms with Crippen LogP contribution in [0.5, 0.6) is 0 Å². The van der Waals surface area contributed by atoms with Crippen LogP contribution in [0.3, 0.4) is 0 Å². The summed E-state index contributed by atoms with van der Waals surface area (Å²) in [5.74, 6) is 0. The largest absolute Gasteiger partial charge is 0.0697 e. The van der Waals surface area contributed by atoms with Crippen LogP contribution in [-0.2, 0) is 0 Å². The lowest BCUT2D eigenvalue weighted by atomic mass is 10.1. The standard InChI is InChI=1S/C28H60P/c1-6-11-15-17-18-19-20-22-27-29(25-13-8-3,26-14-9-4)28(23-10-5)24-21-16-12-7-2/h28H,6-27H2,1-5H3/q+1. The van der Waals surface area contributed by atoms with Gasteiger partial charge in [-0.3, -0.25) is 0 Å². The molecule has 0 nitrogen and oxygen atoms in total. The van der Waals surface area contributed by atoms with Gasteiger partial charge in [-0.15, -0.1) is 0 Å². The van der Waals surface area contributed by atoms with Crippen molar-refractivity contribution in [1.82, 2.24) is 0 Å². The summed E-state index contributed by atoms with van der Waals surface area (Å²) in [7, 11) is -0.771. The molecule has 0 saturated carbocycles. The topological polar surface area (TPSA) is 0 Å². The second-order valence-corrected chi connectivity index (χ2v) is 14.4. The Morgan fingerprint density at radius 3 is 1.28 bits per heavy atom. The monoisotopic (exact) mass is 427 g/mol. The van der Waals surface area contributed by atoms with E-state index in [1.54, 1.807) is 31.3 Å². The summed E-state index contributed by atoms with van der Waals surface area (Å²) in [5.41, 5.74) is 1.10. The molecule has 0 aromatic heterocycles. The van der Waals surface area contributed by atoms with Gasteiger partial charge in [0.25, 0.3) is 0 Å². The first-order valence-corrected chi connectivity index (χ1v) is 16.5. The molecule has 0 N–H and O–H groups in total. The van der Waals surface area contributed by atoms with Crippen molar-refractivity contribution in [3.8, 4) is 0 Å². The molecule has 0 fully saturated rings. The van der Waals surface area contributed by atoms with E-state index in [1.165, 1.54) is 109 Å². The highest BCUT2D eigenvalue weighted by Crippen LogP contribution is 2.67. The van der Waals surface area contributed by atoms with Crippen molar-refractivity contribution in [1.29, 1.82) is 0 Å². The van der Waals surface area contributed by atoms with Crippen LogP contribution in [0.1, 0.15) is 157 Å². The van der Waals surface area contributed by atoms with Gasteiger partial charge in [0.2, 0.25) is 0 Å². The van der Waals surface area contributed by atoms with Gasteiger partial charge in [0, 0.05) is 7.26 Å². The highest BCUT2D eigenvalue weighted by atomic mass is 31.2. The van der Waals surface area contributed by atoms with E-state index in [0.717, 1.165) is 5.66 Å². The van der Waals surface area contributed by atoms with Gasteiger partial charge in [-0.05, 0) is 44.9 Å². The van der Waals surface area contributed by atoms with Crippen molar-refractivity contribution >= 4 is 7.26 Å². The summed E-state index contributed by atoms with van der Waals surface area (Å²) in [6, 6.07) is 0. The Hall–Kier alpha value is 0.430. The second-order valence-electron chi connectivity index (χ2n) is 9.86. The summed E-state index contributed by atoms with van der Waals surface area (Å²) in [5, 5.41) is 0. The van der Waals surface area contributed by atoms with Crippen LogP contribution < -0.4 is 0 Å². The van der Waals surface area contributed by atoms with Gasteiger partial charge in [0.05, 0.1) is 24.1 Å². The fourth-order valence-electron chi connectivity index (χ4n) is 5.22. The van der Waals surface area contributed by atoms with E-state index in [0.29, 0.717) is 0 Å². The third-order valence-electron chi connectivity index (χ3n) is 7.16. The molecule has 0 aliphatic heterocycles. The van der Waals surface area contributed by atoms with Gasteiger partial charge in [0.15, 0.2) is 0 Å². The van der Waals surface area contributed by atoms with Crippen LogP contribution in [0.15, 0.2) is 0 Å². The van der Waals surface area contributed by atoms with E-state index in [2.05, 4.69) is 34.6 Å². The molecule has 0 aliphatic rings. The first-order chi connectivity index (χ1) is 14.2. The summed E-state index contributed by atoms with van der Waals surface area (Å²) in [6.07, 6.45) is 32.8. The van der Waals surface area contributed by atoms with Crippen LogP contribution in [0, 0.1) is 0 Å². The fourth-order valence-corrected chi connectivity index (χ4v) is 11.3.